The van der Waals surface area contributed by atoms with Gasteiger partial charge in [-0.2, -0.15) is 0 Å². The monoisotopic (exact) mass is 490 g/mol. The second kappa shape index (κ2) is 11.9. The van der Waals surface area contributed by atoms with Crippen molar-refractivity contribution in [3.8, 4) is 17.2 Å². The summed E-state index contributed by atoms with van der Waals surface area (Å²) in [5.74, 6) is 0.820. The summed E-state index contributed by atoms with van der Waals surface area (Å²) in [6.07, 6.45) is 6.12. The molecule has 0 fully saturated rings. The largest absolute Gasteiger partial charge is 0.505 e. The molecule has 2 heterocycles. The Morgan fingerprint density at radius 3 is 2.50 bits per heavy atom. The Bertz CT molecular complexity index is 1180. The van der Waals surface area contributed by atoms with E-state index in [-0.39, 0.29) is 17.5 Å². The van der Waals surface area contributed by atoms with Gasteiger partial charge in [0.2, 0.25) is 0 Å². The van der Waals surface area contributed by atoms with Crippen molar-refractivity contribution >= 4 is 5.97 Å². The van der Waals surface area contributed by atoms with E-state index in [2.05, 4.69) is 46.3 Å². The van der Waals surface area contributed by atoms with Crippen molar-refractivity contribution in [2.75, 3.05) is 34.4 Å². The van der Waals surface area contributed by atoms with Crippen molar-refractivity contribution in [1.29, 1.82) is 0 Å². The van der Waals surface area contributed by atoms with Crippen molar-refractivity contribution in [1.82, 2.24) is 9.88 Å². The van der Waals surface area contributed by atoms with Gasteiger partial charge in [-0.05, 0) is 72.7 Å². The maximum absolute atomic E-state index is 11.8. The minimum absolute atomic E-state index is 0.0280. The molecular weight excluding hydrogens is 456 g/mol. The number of nitrogens with zero attached hydrogens (tertiary/aromatic N) is 2. The number of benzene rings is 2. The summed E-state index contributed by atoms with van der Waals surface area (Å²) in [7, 11) is 4.64. The summed E-state index contributed by atoms with van der Waals surface area (Å²) < 4.78 is 15.9. The number of rotatable bonds is 10. The van der Waals surface area contributed by atoms with E-state index in [9.17, 15) is 9.90 Å². The Labute approximate surface area is 212 Å². The van der Waals surface area contributed by atoms with Gasteiger partial charge in [-0.25, -0.2) is 9.78 Å². The maximum atomic E-state index is 11.8. The Balaban J connectivity index is 1.44. The highest BCUT2D eigenvalue weighted by Crippen LogP contribution is 2.41. The van der Waals surface area contributed by atoms with Crippen molar-refractivity contribution in [3.05, 3.63) is 82.7 Å². The summed E-state index contributed by atoms with van der Waals surface area (Å²) in [5.41, 5.74) is 4.53. The molecule has 190 valence electrons. The van der Waals surface area contributed by atoms with Crippen molar-refractivity contribution < 1.29 is 24.1 Å². The quantitative estimate of drug-likeness (QED) is 0.318. The van der Waals surface area contributed by atoms with Gasteiger partial charge < -0.3 is 19.3 Å². The third-order valence-electron chi connectivity index (χ3n) is 6.87. The summed E-state index contributed by atoms with van der Waals surface area (Å²) in [6.45, 7) is 1.93. The first kappa shape index (κ1) is 25.5. The maximum Gasteiger partial charge on any atom is 0.360 e. The number of aromatic hydroxyl groups is 1. The number of carbonyl (C=O) groups is 1. The van der Waals surface area contributed by atoms with E-state index in [0.717, 1.165) is 55.8 Å². The van der Waals surface area contributed by atoms with E-state index >= 15 is 0 Å². The molecule has 36 heavy (non-hydrogen) atoms. The number of pyridine rings is 1. The predicted molar refractivity (Wildman–Crippen MR) is 138 cm³/mol. The highest BCUT2D eigenvalue weighted by Gasteiger charge is 2.30. The molecule has 1 N–H and O–H groups in total. The summed E-state index contributed by atoms with van der Waals surface area (Å²) >= 11 is 0. The average molecular weight is 491 g/mol. The van der Waals surface area contributed by atoms with Crippen LogP contribution in [0.4, 0.5) is 0 Å². The fourth-order valence-electron chi connectivity index (χ4n) is 5.01. The minimum Gasteiger partial charge on any atom is -0.505 e. The van der Waals surface area contributed by atoms with Crippen LogP contribution in [-0.4, -0.2) is 55.4 Å². The molecular formula is C29H34N2O5. The van der Waals surface area contributed by atoms with Crippen molar-refractivity contribution in [3.63, 3.8) is 0 Å². The Kier molecular flexibility index (Phi) is 8.44. The molecule has 0 saturated heterocycles. The van der Waals surface area contributed by atoms with Crippen LogP contribution in [0.15, 0.2) is 54.7 Å². The fraction of sp³-hybridized carbons (Fsp3) is 0.379. The number of fused-ring (bicyclic) bond motifs is 1. The Morgan fingerprint density at radius 2 is 1.78 bits per heavy atom. The van der Waals surface area contributed by atoms with Crippen LogP contribution in [0.25, 0.3) is 0 Å². The first-order valence-corrected chi connectivity index (χ1v) is 12.4. The molecule has 0 saturated carbocycles. The van der Waals surface area contributed by atoms with E-state index in [1.165, 1.54) is 23.8 Å². The van der Waals surface area contributed by atoms with Crippen LogP contribution in [0.5, 0.6) is 17.2 Å². The Morgan fingerprint density at radius 1 is 1.03 bits per heavy atom. The van der Waals surface area contributed by atoms with Crippen molar-refractivity contribution in [2.45, 2.75) is 38.1 Å². The highest BCUT2D eigenvalue weighted by atomic mass is 16.5. The van der Waals surface area contributed by atoms with Gasteiger partial charge in [-0.15, -0.1) is 0 Å². The third-order valence-corrected chi connectivity index (χ3v) is 6.87. The number of methoxy groups -OCH3 is 3. The molecule has 1 aliphatic rings. The third kappa shape index (κ3) is 5.46. The van der Waals surface area contributed by atoms with Gasteiger partial charge in [0.05, 0.1) is 27.4 Å². The molecule has 0 spiro atoms. The van der Waals surface area contributed by atoms with Crippen LogP contribution >= 0.6 is 0 Å². The lowest BCUT2D eigenvalue weighted by Crippen LogP contribution is -2.36. The smallest absolute Gasteiger partial charge is 0.360 e. The molecule has 7 nitrogen and oxygen atoms in total. The standard InChI is InChI=1S/C29H34N2O5/c1-34-24-18-22-14-17-31(27(20-10-6-4-7-11-20)23(22)19-25(24)35-2)16-9-5-8-12-21-13-15-30-26(28(21)32)29(33)36-3/h4,6-7,10-11,13,15,18-19,27,32H,5,8-9,12,14,16-17H2,1-3H3. The molecule has 0 aliphatic carbocycles. The van der Waals surface area contributed by atoms with Crippen LogP contribution in [-0.2, 0) is 17.6 Å². The van der Waals surface area contributed by atoms with Gasteiger partial charge in [0, 0.05) is 12.7 Å². The zero-order valence-electron chi connectivity index (χ0n) is 21.2. The van der Waals surface area contributed by atoms with Gasteiger partial charge in [-0.3, -0.25) is 4.90 Å². The normalized spacial score (nSPS) is 15.2. The van der Waals surface area contributed by atoms with E-state index in [0.29, 0.717) is 6.42 Å². The number of esters is 1. The molecule has 1 aromatic heterocycles. The molecule has 1 unspecified atom stereocenters. The van der Waals surface area contributed by atoms with Crippen LogP contribution in [0.3, 0.4) is 0 Å². The first-order chi connectivity index (χ1) is 17.6. The second-order valence-corrected chi connectivity index (χ2v) is 8.97. The second-order valence-electron chi connectivity index (χ2n) is 8.97. The van der Waals surface area contributed by atoms with Crippen LogP contribution in [0.2, 0.25) is 0 Å². The molecule has 4 rings (SSSR count). The summed E-state index contributed by atoms with van der Waals surface area (Å²) in [5, 5.41) is 10.4. The number of hydrogen-bond acceptors (Lipinski definition) is 7. The summed E-state index contributed by atoms with van der Waals surface area (Å²) in [6, 6.07) is 16.8. The lowest BCUT2D eigenvalue weighted by atomic mass is 9.87. The van der Waals surface area contributed by atoms with Crippen molar-refractivity contribution in [2.24, 2.45) is 0 Å². The lowest BCUT2D eigenvalue weighted by molar-refractivity contribution is 0.0590. The fourth-order valence-corrected chi connectivity index (χ4v) is 5.01. The minimum atomic E-state index is -0.624. The number of hydrogen-bond donors (Lipinski definition) is 1. The first-order valence-electron chi connectivity index (χ1n) is 12.4. The molecule has 0 amide bonds. The number of unbranched alkanes of at least 4 members (excludes halogenated alkanes) is 2. The van der Waals surface area contributed by atoms with Crippen LogP contribution in [0, 0.1) is 0 Å². The predicted octanol–water partition coefficient (Wildman–Crippen LogP) is 4.95. The lowest BCUT2D eigenvalue weighted by Gasteiger charge is -2.38. The number of carbonyl (C=O) groups excluding carboxylic acids is 1. The van der Waals surface area contributed by atoms with Gasteiger partial charge in [0.25, 0.3) is 0 Å². The van der Waals surface area contributed by atoms with Gasteiger partial charge >= 0.3 is 5.97 Å². The summed E-state index contributed by atoms with van der Waals surface area (Å²) in [4.78, 5) is 18.3. The molecule has 2 aromatic carbocycles. The SMILES string of the molecule is COC(=O)c1nccc(CCCCCN2CCc3cc(OC)c(OC)cc3C2c2ccccc2)c1O. The topological polar surface area (TPSA) is 81.1 Å². The van der Waals surface area contributed by atoms with Gasteiger partial charge in [0.15, 0.2) is 22.9 Å². The number of aromatic nitrogens is 1. The Hall–Kier alpha value is -3.58. The van der Waals surface area contributed by atoms with E-state index < -0.39 is 5.97 Å². The molecule has 0 radical (unpaired) electrons. The van der Waals surface area contributed by atoms with E-state index in [4.69, 9.17) is 14.2 Å². The van der Waals surface area contributed by atoms with E-state index in [1.807, 2.05) is 6.07 Å². The highest BCUT2D eigenvalue weighted by molar-refractivity contribution is 5.90. The van der Waals surface area contributed by atoms with Crippen LogP contribution < -0.4 is 9.47 Å². The van der Waals surface area contributed by atoms with Crippen LogP contribution in [0.1, 0.15) is 58.0 Å². The van der Waals surface area contributed by atoms with Gasteiger partial charge in [-0.1, -0.05) is 36.8 Å². The molecule has 1 atom stereocenters. The average Bonchev–Trinajstić information content (AvgIpc) is 2.92. The zero-order valence-corrected chi connectivity index (χ0v) is 21.2. The van der Waals surface area contributed by atoms with E-state index in [1.54, 1.807) is 26.5 Å². The molecule has 7 heteroatoms. The number of aryl methyl sites for hydroxylation is 1. The molecule has 0 bridgehead atoms. The van der Waals surface area contributed by atoms with Gasteiger partial charge in [0.1, 0.15) is 0 Å². The zero-order chi connectivity index (χ0) is 25.5. The number of ether oxygens (including phenoxy) is 3. The molecule has 3 aromatic rings. The molecule has 1 aliphatic heterocycles.